The van der Waals surface area contributed by atoms with Crippen LogP contribution < -0.4 is 0 Å². The standard InChI is InChI=1S/C42H26Br2N2/c43-31-24-32(44)26-34(25-31)46-38-18-6-4-16-35(38)36-20-21-40-41(42(36)46)37-17-5-7-19-39(37)45(40)33-15-9-14-30(23-33)29-13-8-12-28(22-29)27-10-2-1-3-11-27/h1-26H. The zero-order chi connectivity index (χ0) is 30.8. The monoisotopic (exact) mass is 716 g/mol. The second-order valence-electron chi connectivity index (χ2n) is 11.7. The number of halogens is 2. The lowest BCUT2D eigenvalue weighted by Gasteiger charge is -2.12. The lowest BCUT2D eigenvalue weighted by molar-refractivity contribution is 1.17. The van der Waals surface area contributed by atoms with Crippen LogP contribution in [0.2, 0.25) is 0 Å². The fourth-order valence-electron chi connectivity index (χ4n) is 7.06. The van der Waals surface area contributed by atoms with Crippen molar-refractivity contribution in [2.45, 2.75) is 0 Å². The van der Waals surface area contributed by atoms with Gasteiger partial charge in [-0.05, 0) is 76.9 Å². The molecule has 9 aromatic rings. The van der Waals surface area contributed by atoms with Crippen molar-refractivity contribution < 1.29 is 0 Å². The van der Waals surface area contributed by atoms with E-state index in [2.05, 4.69) is 199 Å². The number of benzene rings is 7. The van der Waals surface area contributed by atoms with Crippen LogP contribution >= 0.6 is 31.9 Å². The normalized spacial score (nSPS) is 11.7. The summed E-state index contributed by atoms with van der Waals surface area (Å²) in [7, 11) is 0. The first-order valence-corrected chi connectivity index (χ1v) is 16.9. The lowest BCUT2D eigenvalue weighted by Crippen LogP contribution is -1.96. The van der Waals surface area contributed by atoms with Crippen molar-refractivity contribution in [1.29, 1.82) is 0 Å². The summed E-state index contributed by atoms with van der Waals surface area (Å²) in [5, 5.41) is 4.97. The Morgan fingerprint density at radius 3 is 1.70 bits per heavy atom. The average molecular weight is 718 g/mol. The smallest absolute Gasteiger partial charge is 0.0641 e. The maximum atomic E-state index is 3.75. The molecule has 2 aromatic heterocycles. The van der Waals surface area contributed by atoms with Crippen LogP contribution in [0.15, 0.2) is 167 Å². The summed E-state index contributed by atoms with van der Waals surface area (Å²) in [6.07, 6.45) is 0. The predicted octanol–water partition coefficient (Wildman–Crippen LogP) is 12.7. The van der Waals surface area contributed by atoms with Crippen molar-refractivity contribution in [3.8, 4) is 33.6 Å². The highest BCUT2D eigenvalue weighted by atomic mass is 79.9. The summed E-state index contributed by atoms with van der Waals surface area (Å²) < 4.78 is 6.91. The molecule has 0 N–H and O–H groups in total. The first-order chi connectivity index (χ1) is 22.6. The summed E-state index contributed by atoms with van der Waals surface area (Å²) in [4.78, 5) is 0. The molecule has 0 amide bonds. The van der Waals surface area contributed by atoms with Gasteiger partial charge in [-0.1, -0.05) is 135 Å². The molecular weight excluding hydrogens is 692 g/mol. The second kappa shape index (κ2) is 10.9. The molecule has 7 aromatic carbocycles. The Morgan fingerprint density at radius 2 is 0.935 bits per heavy atom. The van der Waals surface area contributed by atoms with Gasteiger partial charge in [-0.3, -0.25) is 0 Å². The van der Waals surface area contributed by atoms with Gasteiger partial charge < -0.3 is 9.13 Å². The van der Waals surface area contributed by atoms with E-state index < -0.39 is 0 Å². The van der Waals surface area contributed by atoms with Gasteiger partial charge in [-0.2, -0.15) is 0 Å². The van der Waals surface area contributed by atoms with Gasteiger partial charge in [0.2, 0.25) is 0 Å². The van der Waals surface area contributed by atoms with Crippen molar-refractivity contribution in [3.05, 3.63) is 167 Å². The summed E-state index contributed by atoms with van der Waals surface area (Å²) in [5.74, 6) is 0. The Kier molecular flexibility index (Phi) is 6.48. The van der Waals surface area contributed by atoms with Gasteiger partial charge in [0, 0.05) is 41.9 Å². The number of fused-ring (bicyclic) bond motifs is 7. The minimum Gasteiger partial charge on any atom is -0.309 e. The Bertz CT molecular complexity index is 2590. The fraction of sp³-hybridized carbons (Fsp3) is 0. The zero-order valence-electron chi connectivity index (χ0n) is 24.7. The highest BCUT2D eigenvalue weighted by molar-refractivity contribution is 9.11. The summed E-state index contributed by atoms with van der Waals surface area (Å²) in [5.41, 5.74) is 11.8. The molecule has 0 aliphatic carbocycles. The molecule has 0 unspecified atom stereocenters. The van der Waals surface area contributed by atoms with E-state index in [1.54, 1.807) is 0 Å². The molecule has 218 valence electrons. The maximum absolute atomic E-state index is 3.75. The first kappa shape index (κ1) is 27.4. The minimum atomic E-state index is 1.03. The Labute approximate surface area is 283 Å². The third-order valence-electron chi connectivity index (χ3n) is 8.98. The number of hydrogen-bond acceptors (Lipinski definition) is 0. The van der Waals surface area contributed by atoms with E-state index in [9.17, 15) is 0 Å². The van der Waals surface area contributed by atoms with E-state index in [0.717, 1.165) is 20.3 Å². The van der Waals surface area contributed by atoms with Crippen LogP contribution in [0.4, 0.5) is 0 Å². The van der Waals surface area contributed by atoms with Gasteiger partial charge in [0.25, 0.3) is 0 Å². The largest absolute Gasteiger partial charge is 0.309 e. The second-order valence-corrected chi connectivity index (χ2v) is 13.5. The lowest BCUT2D eigenvalue weighted by atomic mass is 9.99. The molecule has 2 heterocycles. The molecule has 4 heteroatoms. The van der Waals surface area contributed by atoms with E-state index >= 15 is 0 Å². The number of nitrogens with zero attached hydrogens (tertiary/aromatic N) is 2. The van der Waals surface area contributed by atoms with Crippen molar-refractivity contribution in [1.82, 2.24) is 9.13 Å². The van der Waals surface area contributed by atoms with E-state index in [-0.39, 0.29) is 0 Å². The first-order valence-electron chi connectivity index (χ1n) is 15.3. The van der Waals surface area contributed by atoms with Gasteiger partial charge in [-0.25, -0.2) is 0 Å². The van der Waals surface area contributed by atoms with E-state index in [0.29, 0.717) is 0 Å². The third kappa shape index (κ3) is 4.36. The molecule has 0 bridgehead atoms. The molecule has 46 heavy (non-hydrogen) atoms. The van der Waals surface area contributed by atoms with Gasteiger partial charge in [-0.15, -0.1) is 0 Å². The van der Waals surface area contributed by atoms with E-state index in [1.165, 1.54) is 65.9 Å². The predicted molar refractivity (Wildman–Crippen MR) is 201 cm³/mol. The molecule has 0 radical (unpaired) electrons. The summed E-state index contributed by atoms with van der Waals surface area (Å²) in [6, 6.07) is 56.9. The maximum Gasteiger partial charge on any atom is 0.0641 e. The van der Waals surface area contributed by atoms with Gasteiger partial charge in [0.1, 0.15) is 0 Å². The van der Waals surface area contributed by atoms with Crippen LogP contribution in [0.3, 0.4) is 0 Å². The van der Waals surface area contributed by atoms with Crippen molar-refractivity contribution in [2.75, 3.05) is 0 Å². The topological polar surface area (TPSA) is 9.86 Å². The number of aromatic nitrogens is 2. The molecule has 0 aliphatic heterocycles. The molecule has 2 nitrogen and oxygen atoms in total. The van der Waals surface area contributed by atoms with E-state index in [1.807, 2.05) is 0 Å². The molecule has 0 saturated heterocycles. The SMILES string of the molecule is Brc1cc(Br)cc(-n2c3ccccc3c3ccc4c(c5ccccc5n4-c4cccc(-c5cccc(-c6ccccc6)c5)c4)c32)c1. The Morgan fingerprint density at radius 1 is 0.348 bits per heavy atom. The molecule has 0 fully saturated rings. The number of rotatable bonds is 4. The van der Waals surface area contributed by atoms with Crippen LogP contribution in [0, 0.1) is 0 Å². The quantitative estimate of drug-likeness (QED) is 0.171. The van der Waals surface area contributed by atoms with Crippen LogP contribution in [-0.4, -0.2) is 9.13 Å². The Balaban J connectivity index is 1.33. The summed E-state index contributed by atoms with van der Waals surface area (Å²) >= 11 is 7.49. The number of para-hydroxylation sites is 2. The van der Waals surface area contributed by atoms with Crippen LogP contribution in [0.1, 0.15) is 0 Å². The van der Waals surface area contributed by atoms with Gasteiger partial charge in [0.05, 0.1) is 22.1 Å². The van der Waals surface area contributed by atoms with Crippen LogP contribution in [-0.2, 0) is 0 Å². The van der Waals surface area contributed by atoms with Crippen LogP contribution in [0.25, 0.3) is 77.2 Å². The minimum absolute atomic E-state index is 1.03. The Hall–Kier alpha value is -4.90. The third-order valence-corrected chi connectivity index (χ3v) is 9.90. The molecule has 0 aliphatic rings. The van der Waals surface area contributed by atoms with Gasteiger partial charge >= 0.3 is 0 Å². The molecule has 0 saturated carbocycles. The van der Waals surface area contributed by atoms with Crippen molar-refractivity contribution in [2.24, 2.45) is 0 Å². The van der Waals surface area contributed by atoms with Gasteiger partial charge in [0.15, 0.2) is 0 Å². The highest BCUT2D eigenvalue weighted by Crippen LogP contribution is 2.42. The molecule has 0 atom stereocenters. The molecule has 9 rings (SSSR count). The van der Waals surface area contributed by atoms with Crippen LogP contribution in [0.5, 0.6) is 0 Å². The zero-order valence-corrected chi connectivity index (χ0v) is 27.8. The van der Waals surface area contributed by atoms with E-state index in [4.69, 9.17) is 0 Å². The van der Waals surface area contributed by atoms with Crippen molar-refractivity contribution in [3.63, 3.8) is 0 Å². The highest BCUT2D eigenvalue weighted by Gasteiger charge is 2.21. The average Bonchev–Trinajstić information content (AvgIpc) is 3.61. The van der Waals surface area contributed by atoms with Crippen molar-refractivity contribution >= 4 is 75.5 Å². The molecule has 0 spiro atoms. The summed E-state index contributed by atoms with van der Waals surface area (Å²) in [6.45, 7) is 0. The fourth-order valence-corrected chi connectivity index (χ4v) is 8.33. The molecular formula is C42H26Br2N2. The number of hydrogen-bond donors (Lipinski definition) is 0.